The first-order valence-electron chi connectivity index (χ1n) is 14.5. The van der Waals surface area contributed by atoms with Crippen molar-refractivity contribution in [1.29, 1.82) is 0 Å². The highest BCUT2D eigenvalue weighted by Gasteiger charge is 2.38. The Hall–Kier alpha value is -0.790. The van der Waals surface area contributed by atoms with Crippen LogP contribution >= 0.6 is 7.82 Å². The van der Waals surface area contributed by atoms with Crippen molar-refractivity contribution < 1.29 is 32.3 Å². The Bertz CT molecular complexity index is 604. The normalized spacial score (nSPS) is 15.5. The van der Waals surface area contributed by atoms with Gasteiger partial charge >= 0.3 is 7.82 Å². The van der Waals surface area contributed by atoms with Crippen LogP contribution in [0, 0.1) is 0 Å². The number of hydrogen-bond acceptors (Lipinski definition) is 7. The van der Waals surface area contributed by atoms with Gasteiger partial charge in [-0.25, -0.2) is 4.57 Å². The van der Waals surface area contributed by atoms with Crippen molar-refractivity contribution >= 4 is 7.82 Å². The molecule has 0 aromatic heterocycles. The summed E-state index contributed by atoms with van der Waals surface area (Å²) in [6.45, 7) is 24.6. The van der Waals surface area contributed by atoms with Gasteiger partial charge in [-0.3, -0.25) is 13.6 Å². The molecule has 3 unspecified atom stereocenters. The molecular formula is C30H57O7P. The van der Waals surface area contributed by atoms with Gasteiger partial charge < -0.3 is 14.2 Å². The molecule has 0 aliphatic rings. The van der Waals surface area contributed by atoms with Gasteiger partial charge in [0.05, 0.1) is 19.8 Å². The van der Waals surface area contributed by atoms with Crippen LogP contribution in [0.1, 0.15) is 119 Å². The van der Waals surface area contributed by atoms with E-state index >= 15 is 0 Å². The zero-order chi connectivity index (χ0) is 28.8. The molecule has 0 spiro atoms. The summed E-state index contributed by atoms with van der Waals surface area (Å²) in [7, 11) is -4.18. The van der Waals surface area contributed by atoms with Gasteiger partial charge in [0.15, 0.2) is 18.9 Å². The van der Waals surface area contributed by atoms with E-state index in [1.807, 2.05) is 20.8 Å². The van der Waals surface area contributed by atoms with Crippen LogP contribution < -0.4 is 0 Å². The van der Waals surface area contributed by atoms with Crippen LogP contribution in [0.4, 0.5) is 0 Å². The van der Waals surface area contributed by atoms with Crippen molar-refractivity contribution in [2.75, 3.05) is 19.8 Å². The Kier molecular flexibility index (Phi) is 22.5. The minimum atomic E-state index is -4.18. The quantitative estimate of drug-likeness (QED) is 0.0428. The lowest BCUT2D eigenvalue weighted by atomic mass is 10.2. The molecular weight excluding hydrogens is 503 g/mol. The molecule has 0 aromatic carbocycles. The number of unbranched alkanes of at least 4 members (excludes halogenated alkanes) is 6. The molecule has 8 heteroatoms. The van der Waals surface area contributed by atoms with Crippen LogP contribution in [0.5, 0.6) is 0 Å². The molecule has 0 aromatic rings. The average molecular weight is 561 g/mol. The maximum Gasteiger partial charge on any atom is 0.481 e. The van der Waals surface area contributed by atoms with E-state index in [1.165, 1.54) is 0 Å². The maximum atomic E-state index is 14.3. The highest BCUT2D eigenvalue weighted by molar-refractivity contribution is 7.48. The molecule has 0 amide bonds. The molecule has 224 valence electrons. The van der Waals surface area contributed by atoms with E-state index in [1.54, 1.807) is 0 Å². The van der Waals surface area contributed by atoms with Crippen LogP contribution in [0.3, 0.4) is 0 Å². The highest BCUT2D eigenvalue weighted by atomic mass is 31.2. The largest absolute Gasteiger partial charge is 0.481 e. The van der Waals surface area contributed by atoms with E-state index in [0.717, 1.165) is 74.5 Å². The number of phosphoric acid groups is 1. The topological polar surface area (TPSA) is 72.5 Å². The summed E-state index contributed by atoms with van der Waals surface area (Å²) in [4.78, 5) is 0. The van der Waals surface area contributed by atoms with E-state index in [9.17, 15) is 4.57 Å². The van der Waals surface area contributed by atoms with Crippen LogP contribution in [-0.4, -0.2) is 38.7 Å². The summed E-state index contributed by atoms with van der Waals surface area (Å²) in [5, 5.41) is 0. The summed E-state index contributed by atoms with van der Waals surface area (Å²) in [5.74, 6) is 0. The third-order valence-electron chi connectivity index (χ3n) is 5.42. The van der Waals surface area contributed by atoms with Crippen LogP contribution in [-0.2, 0) is 32.3 Å². The van der Waals surface area contributed by atoms with Gasteiger partial charge in [-0.15, -0.1) is 0 Å². The van der Waals surface area contributed by atoms with Gasteiger partial charge in [0.2, 0.25) is 0 Å². The Morgan fingerprint density at radius 3 is 1.03 bits per heavy atom. The molecule has 0 bridgehead atoms. The van der Waals surface area contributed by atoms with E-state index in [4.69, 9.17) is 27.8 Å². The minimum Gasteiger partial charge on any atom is -0.348 e. The van der Waals surface area contributed by atoms with Gasteiger partial charge in [-0.05, 0) is 59.3 Å². The monoisotopic (exact) mass is 560 g/mol. The number of ether oxygens (including phenoxy) is 3. The molecule has 7 nitrogen and oxygen atoms in total. The van der Waals surface area contributed by atoms with E-state index in [-0.39, 0.29) is 19.8 Å². The first-order valence-corrected chi connectivity index (χ1v) is 15.9. The first-order chi connectivity index (χ1) is 18.0. The molecule has 0 heterocycles. The van der Waals surface area contributed by atoms with E-state index in [2.05, 4.69) is 40.5 Å². The number of rotatable bonds is 27. The summed E-state index contributed by atoms with van der Waals surface area (Å²) >= 11 is 0. The van der Waals surface area contributed by atoms with Crippen molar-refractivity contribution in [2.45, 2.75) is 137 Å². The molecule has 0 aliphatic carbocycles. The Morgan fingerprint density at radius 2 is 0.816 bits per heavy atom. The van der Waals surface area contributed by atoms with Gasteiger partial charge in [0.1, 0.15) is 0 Å². The predicted octanol–water partition coefficient (Wildman–Crippen LogP) is 9.64. The smallest absolute Gasteiger partial charge is 0.348 e. The second kappa shape index (κ2) is 23.0. The zero-order valence-electron chi connectivity index (χ0n) is 25.3. The second-order valence-corrected chi connectivity index (χ2v) is 11.9. The fraction of sp³-hybridized carbons (Fsp3) is 0.800. The lowest BCUT2D eigenvalue weighted by molar-refractivity contribution is -0.158. The summed E-state index contributed by atoms with van der Waals surface area (Å²) < 4.78 is 50.3. The molecule has 0 N–H and O–H groups in total. The number of phosphoric ester groups is 1. The first kappa shape index (κ1) is 37.2. The standard InChI is InChI=1S/C30H57O7P/c1-10-13-16-19-28(32-22-25(4)5)35-38(31,36-29(20-17-14-11-2)33-23-26(6)7)37-30(21-18-15-12-3)34-24-27(8)9/h28-30H,4,6,8,10-24H2,1-3,5,7,9H3. The summed E-state index contributed by atoms with van der Waals surface area (Å²) in [6, 6.07) is 0. The maximum absolute atomic E-state index is 14.3. The van der Waals surface area contributed by atoms with E-state index in [0.29, 0.717) is 19.3 Å². The van der Waals surface area contributed by atoms with Crippen molar-refractivity contribution in [3.8, 4) is 0 Å². The van der Waals surface area contributed by atoms with Crippen LogP contribution in [0.25, 0.3) is 0 Å². The number of hydrogen-bond donors (Lipinski definition) is 0. The van der Waals surface area contributed by atoms with Crippen molar-refractivity contribution in [2.24, 2.45) is 0 Å². The lowest BCUT2D eigenvalue weighted by Crippen LogP contribution is -2.26. The van der Waals surface area contributed by atoms with Crippen molar-refractivity contribution in [3.05, 3.63) is 36.5 Å². The van der Waals surface area contributed by atoms with Gasteiger partial charge in [-0.2, -0.15) is 0 Å². The minimum absolute atomic E-state index is 0.287. The fourth-order valence-corrected chi connectivity index (χ4v) is 4.91. The van der Waals surface area contributed by atoms with Crippen molar-refractivity contribution in [3.63, 3.8) is 0 Å². The zero-order valence-corrected chi connectivity index (χ0v) is 26.2. The average Bonchev–Trinajstić information content (AvgIpc) is 2.84. The summed E-state index contributed by atoms with van der Waals surface area (Å²) in [5.41, 5.74) is 2.53. The molecule has 0 saturated carbocycles. The van der Waals surface area contributed by atoms with E-state index < -0.39 is 26.7 Å². The van der Waals surface area contributed by atoms with Gasteiger partial charge in [-0.1, -0.05) is 95.8 Å². The van der Waals surface area contributed by atoms with Crippen molar-refractivity contribution in [1.82, 2.24) is 0 Å². The molecule has 0 aliphatic heterocycles. The third-order valence-corrected chi connectivity index (χ3v) is 6.90. The summed E-state index contributed by atoms with van der Waals surface area (Å²) in [6.07, 6.45) is 8.04. The van der Waals surface area contributed by atoms with Crippen LogP contribution in [0.15, 0.2) is 36.5 Å². The van der Waals surface area contributed by atoms with Gasteiger partial charge in [0.25, 0.3) is 0 Å². The SMILES string of the molecule is C=C(C)COC(CCCCC)OP(=O)(OC(CCCCC)OCC(=C)C)OC(CCCCC)OCC(=C)C. The molecule has 0 fully saturated rings. The predicted molar refractivity (Wildman–Crippen MR) is 157 cm³/mol. The van der Waals surface area contributed by atoms with Gasteiger partial charge in [0, 0.05) is 0 Å². The molecule has 38 heavy (non-hydrogen) atoms. The Balaban J connectivity index is 5.98. The molecule has 3 atom stereocenters. The Labute approximate surface area is 233 Å². The lowest BCUT2D eigenvalue weighted by Gasteiger charge is -2.30. The van der Waals surface area contributed by atoms with Crippen LogP contribution in [0.2, 0.25) is 0 Å². The fourth-order valence-electron chi connectivity index (χ4n) is 3.39. The second-order valence-electron chi connectivity index (χ2n) is 10.3. The molecule has 0 radical (unpaired) electrons. The highest BCUT2D eigenvalue weighted by Crippen LogP contribution is 2.54. The molecule has 0 saturated heterocycles. The molecule has 0 rings (SSSR count). The third kappa shape index (κ3) is 21.1. The Morgan fingerprint density at radius 1 is 0.553 bits per heavy atom.